The van der Waals surface area contributed by atoms with Crippen LogP contribution in [0.4, 0.5) is 13.2 Å². The van der Waals surface area contributed by atoms with Gasteiger partial charge in [0.25, 0.3) is 0 Å². The maximum Gasteiger partial charge on any atom is 0.416 e. The van der Waals surface area contributed by atoms with E-state index in [1.54, 1.807) is 36.6 Å². The summed E-state index contributed by atoms with van der Waals surface area (Å²) >= 11 is 0. The normalized spacial score (nSPS) is 15.1. The Morgan fingerprint density at radius 3 is 2.23 bits per heavy atom. The Hall–Kier alpha value is -3.86. The van der Waals surface area contributed by atoms with E-state index in [2.05, 4.69) is 29.6 Å². The molecule has 1 aromatic heterocycles. The largest absolute Gasteiger partial charge is 0.464 e. The number of benzene rings is 3. The van der Waals surface area contributed by atoms with Crippen LogP contribution in [0.25, 0.3) is 22.5 Å². The van der Waals surface area contributed by atoms with Gasteiger partial charge in [0, 0.05) is 11.0 Å². The first-order valence-corrected chi connectivity index (χ1v) is 13.0. The molecule has 1 N–H and O–H groups in total. The molecule has 0 saturated carbocycles. The monoisotopic (exact) mass is 530 g/mol. The molecule has 0 amide bonds. The second-order valence-electron chi connectivity index (χ2n) is 10.2. The highest BCUT2D eigenvalue weighted by atomic mass is 19.4. The van der Waals surface area contributed by atoms with Crippen molar-refractivity contribution in [2.24, 2.45) is 5.41 Å². The van der Waals surface area contributed by atoms with Gasteiger partial charge in [-0.05, 0) is 97.1 Å². The number of hydrogen-bond acceptors (Lipinski definition) is 4. The third-order valence-corrected chi connectivity index (χ3v) is 7.35. The lowest BCUT2D eigenvalue weighted by molar-refractivity contribution is -0.137. The van der Waals surface area contributed by atoms with E-state index in [1.165, 1.54) is 5.56 Å². The molecule has 0 unspecified atom stereocenters. The molecule has 0 radical (unpaired) electrons. The lowest BCUT2D eigenvalue weighted by Crippen LogP contribution is -2.41. The van der Waals surface area contributed by atoms with Gasteiger partial charge in [-0.3, -0.25) is 0 Å². The van der Waals surface area contributed by atoms with Gasteiger partial charge in [-0.2, -0.15) is 18.4 Å². The summed E-state index contributed by atoms with van der Waals surface area (Å²) in [5.41, 5.74) is 3.38. The number of rotatable bonds is 8. The fourth-order valence-electron chi connectivity index (χ4n) is 5.22. The number of halogens is 3. The first-order valence-electron chi connectivity index (χ1n) is 13.0. The maximum absolute atomic E-state index is 13.7. The van der Waals surface area contributed by atoms with Crippen molar-refractivity contribution in [1.82, 2.24) is 5.32 Å². The minimum Gasteiger partial charge on any atom is -0.464 e. The van der Waals surface area contributed by atoms with Crippen LogP contribution >= 0.6 is 0 Å². The van der Waals surface area contributed by atoms with Gasteiger partial charge >= 0.3 is 6.18 Å². The van der Waals surface area contributed by atoms with Gasteiger partial charge in [-0.1, -0.05) is 36.4 Å². The Labute approximate surface area is 226 Å². The van der Waals surface area contributed by atoms with Crippen LogP contribution in [0.1, 0.15) is 35.1 Å². The molecule has 0 atom stereocenters. The van der Waals surface area contributed by atoms with Crippen LogP contribution in [0.3, 0.4) is 0 Å². The van der Waals surface area contributed by atoms with Crippen molar-refractivity contribution in [3.63, 3.8) is 0 Å². The first-order chi connectivity index (χ1) is 18.8. The zero-order valence-corrected chi connectivity index (χ0v) is 21.4. The maximum atomic E-state index is 13.7. The van der Waals surface area contributed by atoms with Crippen LogP contribution in [0, 0.1) is 16.7 Å². The molecule has 4 aromatic rings. The zero-order valence-electron chi connectivity index (χ0n) is 21.4. The van der Waals surface area contributed by atoms with Crippen molar-refractivity contribution in [2.45, 2.75) is 32.0 Å². The molecule has 39 heavy (non-hydrogen) atoms. The standard InChI is InChI=1S/C32H29F3N2O2/c33-32(34,35)29-17-25(16-28(18-29)26-7-5-24(20-36)6-8-26)21-38-22-31(11-13-37-14-12-31)19-23-3-9-27(10-4-23)30-2-1-15-39-30/h1-10,15-18,37H,11-14,19,21-22H2. The molecule has 5 rings (SSSR count). The van der Waals surface area contributed by atoms with E-state index < -0.39 is 11.7 Å². The number of furan rings is 1. The van der Waals surface area contributed by atoms with Crippen LogP contribution < -0.4 is 5.32 Å². The molecule has 0 bridgehead atoms. The predicted molar refractivity (Wildman–Crippen MR) is 144 cm³/mol. The molecule has 1 aliphatic heterocycles. The van der Waals surface area contributed by atoms with Crippen LogP contribution in [-0.4, -0.2) is 19.7 Å². The Morgan fingerprint density at radius 2 is 1.59 bits per heavy atom. The molecule has 0 spiro atoms. The fourth-order valence-corrected chi connectivity index (χ4v) is 5.22. The molecule has 0 aliphatic carbocycles. The Kier molecular flexibility index (Phi) is 7.87. The summed E-state index contributed by atoms with van der Waals surface area (Å²) in [7, 11) is 0. The molecule has 7 heteroatoms. The minimum absolute atomic E-state index is 0.0831. The van der Waals surface area contributed by atoms with Crippen molar-refractivity contribution >= 4 is 0 Å². The molecular weight excluding hydrogens is 501 g/mol. The van der Waals surface area contributed by atoms with Gasteiger partial charge in [0.2, 0.25) is 0 Å². The quantitative estimate of drug-likeness (QED) is 0.254. The summed E-state index contributed by atoms with van der Waals surface area (Å²) in [6, 6.07) is 24.7. The number of hydrogen-bond donors (Lipinski definition) is 1. The average Bonchev–Trinajstić information content (AvgIpc) is 3.49. The number of nitrogens with one attached hydrogen (secondary N) is 1. The number of nitriles is 1. The highest BCUT2D eigenvalue weighted by Gasteiger charge is 2.33. The van der Waals surface area contributed by atoms with Crippen molar-refractivity contribution in [1.29, 1.82) is 5.26 Å². The summed E-state index contributed by atoms with van der Waals surface area (Å²) in [6.07, 6.45) is -0.151. The summed E-state index contributed by atoms with van der Waals surface area (Å²) < 4.78 is 52.8. The second-order valence-corrected chi connectivity index (χ2v) is 10.2. The highest BCUT2D eigenvalue weighted by Crippen LogP contribution is 2.36. The topological polar surface area (TPSA) is 58.2 Å². The summed E-state index contributed by atoms with van der Waals surface area (Å²) in [4.78, 5) is 0. The lowest BCUT2D eigenvalue weighted by Gasteiger charge is -2.37. The van der Waals surface area contributed by atoms with Crippen molar-refractivity contribution in [2.75, 3.05) is 19.7 Å². The van der Waals surface area contributed by atoms with Gasteiger partial charge in [0.1, 0.15) is 5.76 Å². The summed E-state index contributed by atoms with van der Waals surface area (Å²) in [5.74, 6) is 0.822. The summed E-state index contributed by atoms with van der Waals surface area (Å²) in [5, 5.41) is 12.4. The van der Waals surface area contributed by atoms with E-state index in [9.17, 15) is 13.2 Å². The van der Waals surface area contributed by atoms with E-state index in [4.69, 9.17) is 14.4 Å². The third-order valence-electron chi connectivity index (χ3n) is 7.35. The molecule has 1 fully saturated rings. The molecule has 4 nitrogen and oxygen atoms in total. The molecule has 3 aromatic carbocycles. The molecule has 2 heterocycles. The minimum atomic E-state index is -4.48. The Bertz CT molecular complexity index is 1410. The fraction of sp³-hybridized carbons (Fsp3) is 0.281. The zero-order chi connectivity index (χ0) is 27.3. The molecule has 1 aliphatic rings. The van der Waals surface area contributed by atoms with Gasteiger partial charge in [-0.25, -0.2) is 0 Å². The van der Waals surface area contributed by atoms with E-state index in [1.807, 2.05) is 18.2 Å². The van der Waals surface area contributed by atoms with E-state index in [0.717, 1.165) is 55.8 Å². The van der Waals surface area contributed by atoms with Gasteiger partial charge in [0.05, 0.1) is 36.7 Å². The van der Waals surface area contributed by atoms with Gasteiger partial charge < -0.3 is 14.5 Å². The third kappa shape index (κ3) is 6.59. The van der Waals surface area contributed by atoms with E-state index >= 15 is 0 Å². The second kappa shape index (κ2) is 11.5. The summed E-state index contributed by atoms with van der Waals surface area (Å²) in [6.45, 7) is 2.29. The number of piperidine rings is 1. The first kappa shape index (κ1) is 26.7. The van der Waals surface area contributed by atoms with Crippen LogP contribution in [0.5, 0.6) is 0 Å². The van der Waals surface area contributed by atoms with Crippen molar-refractivity contribution in [3.8, 4) is 28.5 Å². The van der Waals surface area contributed by atoms with Crippen molar-refractivity contribution < 1.29 is 22.3 Å². The number of nitrogens with zero attached hydrogens (tertiary/aromatic N) is 1. The SMILES string of the molecule is N#Cc1ccc(-c2cc(COCC3(Cc4ccc(-c5ccco5)cc4)CCNCC3)cc(C(F)(F)F)c2)cc1. The number of alkyl halides is 3. The van der Waals surface area contributed by atoms with Gasteiger partial charge in [0.15, 0.2) is 0 Å². The highest BCUT2D eigenvalue weighted by molar-refractivity contribution is 5.66. The van der Waals surface area contributed by atoms with Crippen LogP contribution in [0.2, 0.25) is 0 Å². The molecular formula is C32H29F3N2O2. The molecule has 1 saturated heterocycles. The molecule has 200 valence electrons. The lowest BCUT2D eigenvalue weighted by atomic mass is 9.75. The van der Waals surface area contributed by atoms with E-state index in [-0.39, 0.29) is 12.0 Å². The average molecular weight is 531 g/mol. The van der Waals surface area contributed by atoms with Crippen LogP contribution in [-0.2, 0) is 23.9 Å². The number of ether oxygens (including phenoxy) is 1. The Morgan fingerprint density at radius 1 is 0.872 bits per heavy atom. The Balaban J connectivity index is 1.32. The van der Waals surface area contributed by atoms with Crippen molar-refractivity contribution in [3.05, 3.63) is 107 Å². The van der Waals surface area contributed by atoms with Gasteiger partial charge in [-0.15, -0.1) is 0 Å². The smallest absolute Gasteiger partial charge is 0.416 e. The predicted octanol–water partition coefficient (Wildman–Crippen LogP) is 7.63. The van der Waals surface area contributed by atoms with Crippen LogP contribution in [0.15, 0.2) is 89.5 Å². The van der Waals surface area contributed by atoms with E-state index in [0.29, 0.717) is 28.9 Å².